The van der Waals surface area contributed by atoms with Crippen LogP contribution in [0.25, 0.3) is 0 Å². The Morgan fingerprint density at radius 1 is 1.45 bits per heavy atom. The molecule has 7 heteroatoms. The van der Waals surface area contributed by atoms with E-state index in [2.05, 4.69) is 10.3 Å². The van der Waals surface area contributed by atoms with Gasteiger partial charge in [-0.3, -0.25) is 4.99 Å². The third-order valence-corrected chi connectivity index (χ3v) is 4.65. The van der Waals surface area contributed by atoms with Crippen molar-refractivity contribution >= 4 is 52.9 Å². The molecule has 1 saturated carbocycles. The summed E-state index contributed by atoms with van der Waals surface area (Å²) < 4.78 is 0.673. The minimum Gasteiger partial charge on any atom is -0.386 e. The number of guanidine groups is 1. The van der Waals surface area contributed by atoms with Gasteiger partial charge in [0.05, 0.1) is 10.9 Å². The first kappa shape index (κ1) is 18.0. The van der Waals surface area contributed by atoms with Crippen LogP contribution in [0.15, 0.2) is 17.1 Å². The van der Waals surface area contributed by atoms with Gasteiger partial charge in [0.1, 0.15) is 6.10 Å². The molecule has 1 aromatic rings. The van der Waals surface area contributed by atoms with Crippen molar-refractivity contribution in [3.8, 4) is 0 Å². The van der Waals surface area contributed by atoms with E-state index < -0.39 is 6.10 Å². The Labute approximate surface area is 145 Å². The monoisotopic (exact) mass is 429 g/mol. The Balaban J connectivity index is 0.00000200. The van der Waals surface area contributed by atoms with Crippen molar-refractivity contribution in [1.82, 2.24) is 5.32 Å². The first-order valence-electron chi connectivity index (χ1n) is 6.65. The molecule has 0 bridgehead atoms. The fraction of sp³-hybridized carbons (Fsp3) is 0.615. The molecular formula is C13H21ClIN3OS. The van der Waals surface area contributed by atoms with E-state index in [9.17, 15) is 5.11 Å². The van der Waals surface area contributed by atoms with Crippen LogP contribution < -0.4 is 11.1 Å². The van der Waals surface area contributed by atoms with Gasteiger partial charge in [-0.25, -0.2) is 0 Å². The Hall–Kier alpha value is -0.0500. The normalized spacial score (nSPS) is 18.4. The molecule has 0 saturated heterocycles. The highest BCUT2D eigenvalue weighted by atomic mass is 127. The average molecular weight is 430 g/mol. The number of nitrogens with one attached hydrogen (secondary N) is 1. The molecule has 0 aliphatic heterocycles. The lowest BCUT2D eigenvalue weighted by Crippen LogP contribution is -2.41. The predicted octanol–water partition coefficient (Wildman–Crippen LogP) is 3.29. The second-order valence-electron chi connectivity index (χ2n) is 4.86. The van der Waals surface area contributed by atoms with Gasteiger partial charge in [-0.15, -0.1) is 35.3 Å². The largest absolute Gasteiger partial charge is 0.386 e. The molecule has 1 aliphatic carbocycles. The average Bonchev–Trinajstić information content (AvgIpc) is 2.84. The van der Waals surface area contributed by atoms with Crippen molar-refractivity contribution in [2.75, 3.05) is 6.54 Å². The van der Waals surface area contributed by atoms with E-state index in [-0.39, 0.29) is 30.5 Å². The van der Waals surface area contributed by atoms with Crippen LogP contribution in [0, 0.1) is 0 Å². The summed E-state index contributed by atoms with van der Waals surface area (Å²) in [7, 11) is 0. The van der Waals surface area contributed by atoms with E-state index in [4.69, 9.17) is 17.3 Å². The summed E-state index contributed by atoms with van der Waals surface area (Å²) in [5.74, 6) is 0.425. The van der Waals surface area contributed by atoms with Gasteiger partial charge in [0.15, 0.2) is 5.96 Å². The molecule has 0 aromatic carbocycles. The van der Waals surface area contributed by atoms with E-state index in [1.807, 2.05) is 6.07 Å². The molecular weight excluding hydrogens is 409 g/mol. The van der Waals surface area contributed by atoms with Gasteiger partial charge in [-0.2, -0.15) is 0 Å². The van der Waals surface area contributed by atoms with Crippen LogP contribution in [0.3, 0.4) is 0 Å². The minimum absolute atomic E-state index is 0. The molecule has 0 spiro atoms. The van der Waals surface area contributed by atoms with Gasteiger partial charge in [0.25, 0.3) is 0 Å². The molecule has 1 fully saturated rings. The number of hydrogen-bond acceptors (Lipinski definition) is 3. The van der Waals surface area contributed by atoms with Gasteiger partial charge in [-0.05, 0) is 25.0 Å². The van der Waals surface area contributed by atoms with E-state index in [1.54, 1.807) is 6.07 Å². The maximum Gasteiger partial charge on any atom is 0.188 e. The highest BCUT2D eigenvalue weighted by Crippen LogP contribution is 2.26. The van der Waals surface area contributed by atoms with Crippen LogP contribution in [0.1, 0.15) is 43.1 Å². The molecule has 4 N–H and O–H groups in total. The molecule has 20 heavy (non-hydrogen) atoms. The molecule has 1 atom stereocenters. The lowest BCUT2D eigenvalue weighted by atomic mass is 9.96. The number of nitrogens with two attached hydrogens (primary N) is 1. The molecule has 2 rings (SSSR count). The SMILES string of the molecule is I.NC(=NCC(O)c1ccc(Cl)s1)NC1CCCCC1. The molecule has 114 valence electrons. The van der Waals surface area contributed by atoms with Crippen LogP contribution in [-0.2, 0) is 0 Å². The third kappa shape index (κ3) is 5.75. The van der Waals surface area contributed by atoms with Crippen LogP contribution >= 0.6 is 46.9 Å². The maximum atomic E-state index is 9.95. The van der Waals surface area contributed by atoms with Crippen molar-refractivity contribution in [3.63, 3.8) is 0 Å². The summed E-state index contributed by atoms with van der Waals surface area (Å²) in [5.41, 5.74) is 5.84. The Kier molecular flexibility index (Phi) is 8.16. The standard InChI is InChI=1S/C13H20ClN3OS.HI/c14-12-7-6-11(19-12)10(18)8-16-13(15)17-9-4-2-1-3-5-9;/h6-7,9-10,18H,1-5,8H2,(H3,15,16,17);1H. The van der Waals surface area contributed by atoms with Gasteiger partial charge >= 0.3 is 0 Å². The summed E-state index contributed by atoms with van der Waals surface area (Å²) in [6.07, 6.45) is 5.48. The Morgan fingerprint density at radius 3 is 2.75 bits per heavy atom. The van der Waals surface area contributed by atoms with Crippen molar-refractivity contribution in [1.29, 1.82) is 0 Å². The summed E-state index contributed by atoms with van der Waals surface area (Å²) in [6.45, 7) is 0.266. The van der Waals surface area contributed by atoms with Gasteiger partial charge in [0.2, 0.25) is 0 Å². The quantitative estimate of drug-likeness (QED) is 0.391. The fourth-order valence-corrected chi connectivity index (χ4v) is 3.32. The summed E-state index contributed by atoms with van der Waals surface area (Å²) >= 11 is 7.20. The zero-order chi connectivity index (χ0) is 13.7. The van der Waals surface area contributed by atoms with Crippen LogP contribution in [0.4, 0.5) is 0 Å². The number of thiophene rings is 1. The van der Waals surface area contributed by atoms with Gasteiger partial charge < -0.3 is 16.2 Å². The number of hydrogen-bond donors (Lipinski definition) is 3. The zero-order valence-electron chi connectivity index (χ0n) is 11.2. The number of aliphatic imine (C=N–C) groups is 1. The Bertz CT molecular complexity index is 435. The number of halogens is 2. The zero-order valence-corrected chi connectivity index (χ0v) is 15.1. The second-order valence-corrected chi connectivity index (χ2v) is 6.61. The Morgan fingerprint density at radius 2 is 2.15 bits per heavy atom. The van der Waals surface area contributed by atoms with Crippen molar-refractivity contribution in [2.24, 2.45) is 10.7 Å². The number of aliphatic hydroxyl groups excluding tert-OH is 1. The number of rotatable bonds is 4. The molecule has 0 amide bonds. The molecule has 1 aliphatic rings. The highest BCUT2D eigenvalue weighted by Gasteiger charge is 2.14. The van der Waals surface area contributed by atoms with Gasteiger partial charge in [0, 0.05) is 10.9 Å². The highest BCUT2D eigenvalue weighted by molar-refractivity contribution is 14.0. The van der Waals surface area contributed by atoms with Crippen LogP contribution in [0.5, 0.6) is 0 Å². The molecule has 1 aromatic heterocycles. The third-order valence-electron chi connectivity index (χ3n) is 3.31. The molecule has 1 unspecified atom stereocenters. The predicted molar refractivity (Wildman–Crippen MR) is 96.2 cm³/mol. The first-order chi connectivity index (χ1) is 9.15. The second kappa shape index (κ2) is 9.07. The lowest BCUT2D eigenvalue weighted by Gasteiger charge is -2.23. The van der Waals surface area contributed by atoms with Crippen LogP contribution in [0.2, 0.25) is 4.34 Å². The van der Waals surface area contributed by atoms with E-state index in [0.29, 0.717) is 16.3 Å². The van der Waals surface area contributed by atoms with E-state index in [1.165, 1.54) is 30.6 Å². The number of nitrogens with zero attached hydrogens (tertiary/aromatic N) is 1. The number of aliphatic hydroxyl groups is 1. The molecule has 1 heterocycles. The van der Waals surface area contributed by atoms with Gasteiger partial charge in [-0.1, -0.05) is 30.9 Å². The minimum atomic E-state index is -0.635. The van der Waals surface area contributed by atoms with Crippen molar-refractivity contribution < 1.29 is 5.11 Å². The topological polar surface area (TPSA) is 70.6 Å². The summed E-state index contributed by atoms with van der Waals surface area (Å²) in [4.78, 5) is 5.02. The van der Waals surface area contributed by atoms with Crippen LogP contribution in [-0.4, -0.2) is 23.7 Å². The van der Waals surface area contributed by atoms with E-state index in [0.717, 1.165) is 17.7 Å². The smallest absolute Gasteiger partial charge is 0.188 e. The maximum absolute atomic E-state index is 9.95. The first-order valence-corrected chi connectivity index (χ1v) is 7.84. The molecule has 0 radical (unpaired) electrons. The van der Waals surface area contributed by atoms with Crippen molar-refractivity contribution in [2.45, 2.75) is 44.2 Å². The summed E-state index contributed by atoms with van der Waals surface area (Å²) in [5, 5.41) is 13.2. The van der Waals surface area contributed by atoms with E-state index >= 15 is 0 Å². The molecule has 4 nitrogen and oxygen atoms in total. The summed E-state index contributed by atoms with van der Waals surface area (Å²) in [6, 6.07) is 4.03. The fourth-order valence-electron chi connectivity index (χ4n) is 2.28. The lowest BCUT2D eigenvalue weighted by molar-refractivity contribution is 0.191. The van der Waals surface area contributed by atoms with Crippen molar-refractivity contribution in [3.05, 3.63) is 21.3 Å².